The van der Waals surface area contributed by atoms with Crippen LogP contribution in [0, 0.1) is 0 Å². The normalized spacial score (nSPS) is 12.6. The first-order chi connectivity index (χ1) is 8.24. The molecule has 0 aliphatic rings. The maximum Gasteiger partial charge on any atom is 0.115 e. The molecule has 3 nitrogen and oxygen atoms in total. The van der Waals surface area contributed by atoms with Gasteiger partial charge in [-0.3, -0.25) is 0 Å². The second-order valence-corrected chi connectivity index (χ2v) is 5.10. The van der Waals surface area contributed by atoms with Gasteiger partial charge in [0.2, 0.25) is 0 Å². The molecular weight excluding hydrogens is 258 g/mol. The number of pyridine rings is 1. The zero-order valence-corrected chi connectivity index (χ0v) is 11.5. The first-order valence-electron chi connectivity index (χ1n) is 5.73. The summed E-state index contributed by atoms with van der Waals surface area (Å²) in [6.45, 7) is 3.19. The van der Waals surface area contributed by atoms with Gasteiger partial charge in [-0.1, -0.05) is 24.9 Å². The van der Waals surface area contributed by atoms with Gasteiger partial charge in [0.25, 0.3) is 0 Å². The number of rotatable bonds is 8. The minimum Gasteiger partial charge on any atom is -0.390 e. The number of halogens is 1. The number of unbranched alkanes of at least 4 members (excludes halogenated alkanes) is 1. The molecule has 1 heterocycles. The highest BCUT2D eigenvalue weighted by atomic mass is 35.5. The molecular formula is C12H18ClNO2S. The van der Waals surface area contributed by atoms with Crippen molar-refractivity contribution in [2.75, 3.05) is 19.0 Å². The van der Waals surface area contributed by atoms with Crippen molar-refractivity contribution in [3.63, 3.8) is 0 Å². The molecule has 0 bridgehead atoms. The summed E-state index contributed by atoms with van der Waals surface area (Å²) in [5.41, 5.74) is 0. The Hall–Kier alpha value is -0.290. The lowest BCUT2D eigenvalue weighted by Crippen LogP contribution is -2.18. The summed E-state index contributed by atoms with van der Waals surface area (Å²) in [4.78, 5) is 4.14. The van der Waals surface area contributed by atoms with Gasteiger partial charge in [0, 0.05) is 18.6 Å². The van der Waals surface area contributed by atoms with Gasteiger partial charge < -0.3 is 9.84 Å². The van der Waals surface area contributed by atoms with Crippen molar-refractivity contribution in [1.82, 2.24) is 4.98 Å². The Bertz CT molecular complexity index is 325. The Kier molecular flexibility index (Phi) is 7.60. The van der Waals surface area contributed by atoms with Crippen LogP contribution in [-0.4, -0.2) is 35.2 Å². The molecule has 0 saturated carbocycles. The van der Waals surface area contributed by atoms with E-state index in [2.05, 4.69) is 11.9 Å². The molecule has 0 radical (unpaired) electrons. The van der Waals surface area contributed by atoms with Crippen LogP contribution in [0.1, 0.15) is 19.8 Å². The van der Waals surface area contributed by atoms with Crippen molar-refractivity contribution in [2.45, 2.75) is 30.9 Å². The Morgan fingerprint density at radius 2 is 2.41 bits per heavy atom. The molecule has 0 saturated heterocycles. The first-order valence-corrected chi connectivity index (χ1v) is 7.09. The van der Waals surface area contributed by atoms with Crippen molar-refractivity contribution >= 4 is 23.4 Å². The SMILES string of the molecule is CCCCOCC(O)CSc1ncccc1Cl. The van der Waals surface area contributed by atoms with Gasteiger partial charge in [-0.05, 0) is 18.6 Å². The highest BCUT2D eigenvalue weighted by Gasteiger charge is 2.08. The van der Waals surface area contributed by atoms with Gasteiger partial charge in [-0.2, -0.15) is 0 Å². The topological polar surface area (TPSA) is 42.4 Å². The third kappa shape index (κ3) is 6.27. The predicted octanol–water partition coefficient (Wildman–Crippen LogP) is 3.00. The van der Waals surface area contributed by atoms with Crippen LogP contribution in [0.4, 0.5) is 0 Å². The Morgan fingerprint density at radius 1 is 1.59 bits per heavy atom. The molecule has 0 fully saturated rings. The Morgan fingerprint density at radius 3 is 3.12 bits per heavy atom. The zero-order chi connectivity index (χ0) is 12.5. The van der Waals surface area contributed by atoms with Gasteiger partial charge in [0.05, 0.1) is 17.7 Å². The lowest BCUT2D eigenvalue weighted by molar-refractivity contribution is 0.0473. The molecule has 0 aliphatic heterocycles. The van der Waals surface area contributed by atoms with Gasteiger partial charge in [-0.25, -0.2) is 4.98 Å². The third-order valence-electron chi connectivity index (χ3n) is 2.09. The Labute approximate surface area is 112 Å². The fourth-order valence-corrected chi connectivity index (χ4v) is 2.24. The van der Waals surface area contributed by atoms with Gasteiger partial charge in [0.1, 0.15) is 5.03 Å². The van der Waals surface area contributed by atoms with E-state index in [4.69, 9.17) is 16.3 Å². The van der Waals surface area contributed by atoms with Crippen LogP contribution in [0.25, 0.3) is 0 Å². The molecule has 0 aliphatic carbocycles. The smallest absolute Gasteiger partial charge is 0.115 e. The minimum atomic E-state index is -0.477. The molecule has 1 rings (SSSR count). The summed E-state index contributed by atoms with van der Waals surface area (Å²) in [6.07, 6.45) is 3.36. The molecule has 0 amide bonds. The fourth-order valence-electron chi connectivity index (χ4n) is 1.17. The van der Waals surface area contributed by atoms with Crippen LogP contribution in [0.3, 0.4) is 0 Å². The number of nitrogens with zero attached hydrogens (tertiary/aromatic N) is 1. The molecule has 1 unspecified atom stereocenters. The number of hydrogen-bond acceptors (Lipinski definition) is 4. The van der Waals surface area contributed by atoms with E-state index >= 15 is 0 Å². The molecule has 5 heteroatoms. The fraction of sp³-hybridized carbons (Fsp3) is 0.583. The molecule has 1 N–H and O–H groups in total. The summed E-state index contributed by atoms with van der Waals surface area (Å²) in [5.74, 6) is 0.545. The summed E-state index contributed by atoms with van der Waals surface area (Å²) in [5, 5.41) is 11.1. The molecule has 1 aromatic heterocycles. The van der Waals surface area contributed by atoms with E-state index in [1.54, 1.807) is 18.3 Å². The average molecular weight is 276 g/mol. The van der Waals surface area contributed by atoms with Crippen molar-refractivity contribution in [1.29, 1.82) is 0 Å². The number of aliphatic hydroxyl groups is 1. The second kappa shape index (κ2) is 8.75. The highest BCUT2D eigenvalue weighted by molar-refractivity contribution is 7.99. The zero-order valence-electron chi connectivity index (χ0n) is 9.93. The van der Waals surface area contributed by atoms with Crippen molar-refractivity contribution in [3.8, 4) is 0 Å². The maximum absolute atomic E-state index is 9.68. The van der Waals surface area contributed by atoms with Crippen LogP contribution < -0.4 is 0 Å². The van der Waals surface area contributed by atoms with E-state index < -0.39 is 6.10 Å². The molecule has 17 heavy (non-hydrogen) atoms. The van der Waals surface area contributed by atoms with Crippen LogP contribution in [0.5, 0.6) is 0 Å². The van der Waals surface area contributed by atoms with E-state index in [9.17, 15) is 5.11 Å². The maximum atomic E-state index is 9.68. The van der Waals surface area contributed by atoms with Crippen molar-refractivity contribution in [2.24, 2.45) is 0 Å². The number of hydrogen-bond donors (Lipinski definition) is 1. The molecule has 1 atom stereocenters. The number of ether oxygens (including phenoxy) is 1. The van der Waals surface area contributed by atoms with E-state index in [-0.39, 0.29) is 0 Å². The molecule has 1 aromatic rings. The van der Waals surface area contributed by atoms with E-state index in [1.807, 2.05) is 0 Å². The predicted molar refractivity (Wildman–Crippen MR) is 71.7 cm³/mol. The number of aliphatic hydroxyl groups excluding tert-OH is 1. The molecule has 0 spiro atoms. The van der Waals surface area contributed by atoms with Crippen LogP contribution in [0.15, 0.2) is 23.4 Å². The van der Waals surface area contributed by atoms with Gasteiger partial charge in [0.15, 0.2) is 0 Å². The molecule has 96 valence electrons. The van der Waals surface area contributed by atoms with Crippen molar-refractivity contribution in [3.05, 3.63) is 23.4 Å². The van der Waals surface area contributed by atoms with E-state index in [0.717, 1.165) is 17.9 Å². The van der Waals surface area contributed by atoms with Gasteiger partial charge >= 0.3 is 0 Å². The number of aromatic nitrogens is 1. The average Bonchev–Trinajstić information content (AvgIpc) is 2.34. The van der Waals surface area contributed by atoms with Crippen LogP contribution >= 0.6 is 23.4 Å². The largest absolute Gasteiger partial charge is 0.390 e. The summed E-state index contributed by atoms with van der Waals surface area (Å²) in [7, 11) is 0. The third-order valence-corrected chi connectivity index (χ3v) is 3.66. The quantitative estimate of drug-likeness (QED) is 0.585. The van der Waals surface area contributed by atoms with Crippen molar-refractivity contribution < 1.29 is 9.84 Å². The van der Waals surface area contributed by atoms with E-state index in [1.165, 1.54) is 11.8 Å². The summed E-state index contributed by atoms with van der Waals surface area (Å²) < 4.78 is 5.34. The lowest BCUT2D eigenvalue weighted by Gasteiger charge is -2.10. The second-order valence-electron chi connectivity index (χ2n) is 3.68. The summed E-state index contributed by atoms with van der Waals surface area (Å²) >= 11 is 7.40. The molecule has 0 aromatic carbocycles. The summed E-state index contributed by atoms with van der Waals surface area (Å²) in [6, 6.07) is 3.58. The lowest BCUT2D eigenvalue weighted by atomic mass is 10.3. The standard InChI is InChI=1S/C12H18ClNO2S/c1-2-3-7-16-8-10(15)9-17-12-11(13)5-4-6-14-12/h4-6,10,15H,2-3,7-9H2,1H3. The van der Waals surface area contributed by atoms with Gasteiger partial charge in [-0.15, -0.1) is 11.8 Å². The first kappa shape index (κ1) is 14.8. The van der Waals surface area contributed by atoms with Crippen LogP contribution in [-0.2, 0) is 4.74 Å². The minimum absolute atomic E-state index is 0.372. The Balaban J connectivity index is 2.19. The highest BCUT2D eigenvalue weighted by Crippen LogP contribution is 2.24. The van der Waals surface area contributed by atoms with Crippen LogP contribution in [0.2, 0.25) is 5.02 Å². The number of thioether (sulfide) groups is 1. The van der Waals surface area contributed by atoms with E-state index in [0.29, 0.717) is 24.0 Å². The monoisotopic (exact) mass is 275 g/mol.